The summed E-state index contributed by atoms with van der Waals surface area (Å²) in [4.78, 5) is 17.8. The van der Waals surface area contributed by atoms with E-state index in [2.05, 4.69) is 15.6 Å². The number of alkyl halides is 3. The summed E-state index contributed by atoms with van der Waals surface area (Å²) in [7, 11) is 1.49. The monoisotopic (exact) mass is 481 g/mol. The normalized spacial score (nSPS) is 12.1. The highest BCUT2D eigenvalue weighted by Gasteiger charge is 2.34. The van der Waals surface area contributed by atoms with Gasteiger partial charge in [-0.25, -0.2) is 4.79 Å². The highest BCUT2D eigenvalue weighted by molar-refractivity contribution is 5.99. The smallest absolute Gasteiger partial charge is 0.391 e. The van der Waals surface area contributed by atoms with E-state index in [-0.39, 0.29) is 23.4 Å². The summed E-state index contributed by atoms with van der Waals surface area (Å²) in [6, 6.07) is 17.8. The molecule has 0 radical (unpaired) electrons. The van der Waals surface area contributed by atoms with E-state index >= 15 is 0 Å². The van der Waals surface area contributed by atoms with Gasteiger partial charge in [0.2, 0.25) is 0 Å². The molecule has 0 amide bonds. The van der Waals surface area contributed by atoms with Gasteiger partial charge in [-0.05, 0) is 58.7 Å². The number of aryl methyl sites for hydroxylation is 2. The van der Waals surface area contributed by atoms with Crippen LogP contribution in [-0.2, 0) is 24.7 Å². The van der Waals surface area contributed by atoms with Gasteiger partial charge in [0.1, 0.15) is 6.61 Å². The summed E-state index contributed by atoms with van der Waals surface area (Å²) in [5.74, 6) is 0. The predicted molar refractivity (Wildman–Crippen MR) is 125 cm³/mol. The summed E-state index contributed by atoms with van der Waals surface area (Å²) >= 11 is 0. The Balaban J connectivity index is 1.61. The summed E-state index contributed by atoms with van der Waals surface area (Å²) in [5.41, 5.74) is 1.94. The third kappa shape index (κ3) is 5.01. The van der Waals surface area contributed by atoms with Crippen LogP contribution in [0.3, 0.4) is 0 Å². The zero-order valence-electron chi connectivity index (χ0n) is 19.2. The molecule has 1 aromatic heterocycles. The van der Waals surface area contributed by atoms with Gasteiger partial charge in [-0.15, -0.1) is 0 Å². The van der Waals surface area contributed by atoms with Crippen molar-refractivity contribution < 1.29 is 18.0 Å². The van der Waals surface area contributed by atoms with Crippen LogP contribution in [0.2, 0.25) is 0 Å². The molecule has 0 unspecified atom stereocenters. The lowest BCUT2D eigenvalue weighted by Gasteiger charge is -2.15. The summed E-state index contributed by atoms with van der Waals surface area (Å²) in [5, 5.41) is 11.6. The first kappa shape index (κ1) is 23.9. The first-order chi connectivity index (χ1) is 16.7. The van der Waals surface area contributed by atoms with Gasteiger partial charge in [-0.1, -0.05) is 59.8 Å². The number of hydrogen-bond donors (Lipinski definition) is 0. The molecule has 0 aliphatic carbocycles. The van der Waals surface area contributed by atoms with Crippen molar-refractivity contribution >= 4 is 5.71 Å². The van der Waals surface area contributed by atoms with Gasteiger partial charge in [-0.2, -0.15) is 22.5 Å². The number of benzene rings is 3. The number of oxime groups is 1. The maximum Gasteiger partial charge on any atom is 0.417 e. The summed E-state index contributed by atoms with van der Waals surface area (Å²) in [6.45, 7) is 3.40. The quantitative estimate of drug-likeness (QED) is 0.290. The topological polar surface area (TPSA) is 74.3 Å². The third-order valence-corrected chi connectivity index (χ3v) is 5.57. The van der Waals surface area contributed by atoms with Crippen molar-refractivity contribution in [3.8, 4) is 16.8 Å². The predicted octanol–water partition coefficient (Wildman–Crippen LogP) is 4.90. The largest absolute Gasteiger partial charge is 0.417 e. The maximum atomic E-state index is 13.8. The highest BCUT2D eigenvalue weighted by atomic mass is 19.4. The second-order valence-corrected chi connectivity index (χ2v) is 7.94. The Morgan fingerprint density at radius 1 is 1.03 bits per heavy atom. The van der Waals surface area contributed by atoms with Crippen molar-refractivity contribution in [2.45, 2.75) is 26.6 Å². The van der Waals surface area contributed by atoms with Gasteiger partial charge >= 0.3 is 11.9 Å². The lowest BCUT2D eigenvalue weighted by atomic mass is 9.96. The second kappa shape index (κ2) is 9.57. The zero-order valence-corrected chi connectivity index (χ0v) is 19.2. The molecule has 7 nitrogen and oxygen atoms in total. The van der Waals surface area contributed by atoms with E-state index in [1.54, 1.807) is 55.5 Å². The molecule has 1 heterocycles. The molecule has 3 aromatic carbocycles. The van der Waals surface area contributed by atoms with Crippen LogP contribution in [0.1, 0.15) is 29.2 Å². The Morgan fingerprint density at radius 3 is 2.43 bits per heavy atom. The minimum absolute atomic E-state index is 0.0173. The van der Waals surface area contributed by atoms with Gasteiger partial charge in [-0.3, -0.25) is 0 Å². The van der Waals surface area contributed by atoms with Gasteiger partial charge in [0.15, 0.2) is 0 Å². The molecule has 0 spiro atoms. The molecule has 4 rings (SSSR count). The van der Waals surface area contributed by atoms with Crippen molar-refractivity contribution in [1.82, 2.24) is 19.8 Å². The van der Waals surface area contributed by atoms with E-state index < -0.39 is 17.4 Å². The standard InChI is InChI=1S/C25H22F3N5O2/c1-16-8-7-11-23(33-24(34)32(3)30-31-33)21(16)15-35-29-17(2)19-12-13-20(18-9-5-4-6-10-18)22(14-19)25(26,27)28/h4-14H,15H2,1-3H3. The van der Waals surface area contributed by atoms with Crippen LogP contribution in [0, 0.1) is 6.92 Å². The Kier molecular flexibility index (Phi) is 6.54. The van der Waals surface area contributed by atoms with E-state index in [1.807, 2.05) is 13.0 Å². The fourth-order valence-corrected chi connectivity index (χ4v) is 3.66. The molecular weight excluding hydrogens is 459 g/mol. The molecule has 0 bridgehead atoms. The van der Waals surface area contributed by atoms with E-state index in [9.17, 15) is 18.0 Å². The minimum Gasteiger partial charge on any atom is -0.391 e. The molecule has 0 aliphatic heterocycles. The van der Waals surface area contributed by atoms with Gasteiger partial charge in [0, 0.05) is 12.6 Å². The summed E-state index contributed by atoms with van der Waals surface area (Å²) < 4.78 is 43.7. The number of tetrazole rings is 1. The first-order valence-electron chi connectivity index (χ1n) is 10.7. The van der Waals surface area contributed by atoms with Crippen molar-refractivity contribution in [1.29, 1.82) is 0 Å². The molecule has 0 atom stereocenters. The first-order valence-corrected chi connectivity index (χ1v) is 10.7. The van der Waals surface area contributed by atoms with Crippen LogP contribution in [0.5, 0.6) is 0 Å². The molecule has 0 N–H and O–H groups in total. The van der Waals surface area contributed by atoms with E-state index in [1.165, 1.54) is 13.1 Å². The van der Waals surface area contributed by atoms with E-state index in [0.717, 1.165) is 21.0 Å². The Bertz CT molecular complexity index is 1440. The van der Waals surface area contributed by atoms with Crippen LogP contribution >= 0.6 is 0 Å². The number of rotatable bonds is 6. The molecule has 10 heteroatoms. The average Bonchev–Trinajstić information content (AvgIpc) is 3.17. The number of hydrogen-bond acceptors (Lipinski definition) is 5. The SMILES string of the molecule is CC(=NOCc1c(C)cccc1-n1nnn(C)c1=O)c1ccc(-c2ccccc2)c(C(F)(F)F)c1. The third-order valence-electron chi connectivity index (χ3n) is 5.57. The summed E-state index contributed by atoms with van der Waals surface area (Å²) in [6.07, 6.45) is -4.54. The second-order valence-electron chi connectivity index (χ2n) is 7.94. The van der Waals surface area contributed by atoms with Crippen molar-refractivity contribution in [3.63, 3.8) is 0 Å². The van der Waals surface area contributed by atoms with Crippen molar-refractivity contribution in [2.24, 2.45) is 12.2 Å². The molecular formula is C25H22F3N5O2. The molecule has 4 aromatic rings. The fraction of sp³-hybridized carbons (Fsp3) is 0.200. The Labute approximate surface area is 199 Å². The van der Waals surface area contributed by atoms with Gasteiger partial charge in [0.05, 0.1) is 17.0 Å². The van der Waals surface area contributed by atoms with Gasteiger partial charge in [0.25, 0.3) is 0 Å². The molecule has 180 valence electrons. The van der Waals surface area contributed by atoms with Crippen LogP contribution in [0.25, 0.3) is 16.8 Å². The van der Waals surface area contributed by atoms with E-state index in [4.69, 9.17) is 4.84 Å². The minimum atomic E-state index is -4.54. The number of aromatic nitrogens is 4. The number of halogens is 3. The van der Waals surface area contributed by atoms with Crippen LogP contribution in [0.15, 0.2) is 76.7 Å². The molecule has 0 saturated heterocycles. The van der Waals surface area contributed by atoms with Crippen molar-refractivity contribution in [2.75, 3.05) is 0 Å². The zero-order chi connectivity index (χ0) is 25.2. The lowest BCUT2D eigenvalue weighted by Crippen LogP contribution is -2.23. The van der Waals surface area contributed by atoms with Crippen LogP contribution in [0.4, 0.5) is 13.2 Å². The Morgan fingerprint density at radius 2 is 1.77 bits per heavy atom. The maximum absolute atomic E-state index is 13.8. The molecule has 0 saturated carbocycles. The Hall–Kier alpha value is -4.21. The molecule has 0 aliphatic rings. The van der Waals surface area contributed by atoms with Crippen LogP contribution < -0.4 is 5.69 Å². The molecule has 35 heavy (non-hydrogen) atoms. The molecule has 0 fully saturated rings. The van der Waals surface area contributed by atoms with Gasteiger partial charge < -0.3 is 4.84 Å². The highest BCUT2D eigenvalue weighted by Crippen LogP contribution is 2.37. The van der Waals surface area contributed by atoms with E-state index in [0.29, 0.717) is 16.8 Å². The fourth-order valence-electron chi connectivity index (χ4n) is 3.66. The number of nitrogens with zero attached hydrogens (tertiary/aromatic N) is 5. The lowest BCUT2D eigenvalue weighted by molar-refractivity contribution is -0.137. The average molecular weight is 481 g/mol. The van der Waals surface area contributed by atoms with Crippen molar-refractivity contribution in [3.05, 3.63) is 99.5 Å². The van der Waals surface area contributed by atoms with Crippen LogP contribution in [-0.4, -0.2) is 25.5 Å².